The Balaban J connectivity index is 2.22. The van der Waals surface area contributed by atoms with E-state index in [4.69, 9.17) is 10.5 Å². The molecule has 5 nitrogen and oxygen atoms in total. The van der Waals surface area contributed by atoms with E-state index in [-0.39, 0.29) is 12.5 Å². The predicted octanol–water partition coefficient (Wildman–Crippen LogP) is -0.582. The lowest BCUT2D eigenvalue weighted by atomic mass is 10.1. The first kappa shape index (κ1) is 13.4. The first-order valence-electron chi connectivity index (χ1n) is 5.94. The van der Waals surface area contributed by atoms with Crippen LogP contribution in [-0.4, -0.2) is 56.7 Å². The summed E-state index contributed by atoms with van der Waals surface area (Å²) in [6, 6.07) is 0. The second kappa shape index (κ2) is 6.83. The predicted molar refractivity (Wildman–Crippen MR) is 63.1 cm³/mol. The first-order chi connectivity index (χ1) is 7.71. The van der Waals surface area contributed by atoms with Gasteiger partial charge in [-0.25, -0.2) is 0 Å². The van der Waals surface area contributed by atoms with Crippen LogP contribution in [-0.2, 0) is 9.53 Å². The number of amides is 1. The summed E-state index contributed by atoms with van der Waals surface area (Å²) in [6.45, 7) is 6.44. The molecule has 1 amide bonds. The highest BCUT2D eigenvalue weighted by Gasteiger charge is 2.23. The summed E-state index contributed by atoms with van der Waals surface area (Å²) in [6.07, 6.45) is 0.651. The van der Waals surface area contributed by atoms with Crippen LogP contribution < -0.4 is 11.1 Å². The van der Waals surface area contributed by atoms with Crippen LogP contribution in [0.3, 0.4) is 0 Å². The molecule has 0 bridgehead atoms. The summed E-state index contributed by atoms with van der Waals surface area (Å²) in [5.74, 6) is 0.471. The van der Waals surface area contributed by atoms with Crippen LogP contribution in [0, 0.1) is 5.92 Å². The summed E-state index contributed by atoms with van der Waals surface area (Å²) in [7, 11) is 1.51. The van der Waals surface area contributed by atoms with Gasteiger partial charge in [-0.15, -0.1) is 0 Å². The number of hydrogen-bond acceptors (Lipinski definition) is 4. The second-order valence-electron chi connectivity index (χ2n) is 4.25. The Morgan fingerprint density at radius 2 is 2.44 bits per heavy atom. The van der Waals surface area contributed by atoms with Gasteiger partial charge in [0.05, 0.1) is 0 Å². The number of methoxy groups -OCH3 is 1. The maximum Gasteiger partial charge on any atom is 0.250 e. The van der Waals surface area contributed by atoms with Crippen LogP contribution in [0.1, 0.15) is 13.3 Å². The normalized spacial score (nSPS) is 23.3. The van der Waals surface area contributed by atoms with Crippen molar-refractivity contribution in [2.45, 2.75) is 19.4 Å². The maximum atomic E-state index is 11.6. The van der Waals surface area contributed by atoms with Crippen LogP contribution in [0.2, 0.25) is 0 Å². The molecule has 3 N–H and O–H groups in total. The van der Waals surface area contributed by atoms with E-state index in [1.54, 1.807) is 0 Å². The number of nitrogens with one attached hydrogen (secondary N) is 1. The van der Waals surface area contributed by atoms with Crippen molar-refractivity contribution in [3.8, 4) is 0 Å². The Kier molecular flexibility index (Phi) is 5.73. The summed E-state index contributed by atoms with van der Waals surface area (Å²) in [5, 5.41) is 2.90. The standard InChI is InChI=1S/C11H23N3O2/c1-3-14-5-4-9(8-14)7-13-11(15)10(6-12)16-2/h9-10H,3-8,12H2,1-2H3,(H,13,15). The van der Waals surface area contributed by atoms with E-state index in [9.17, 15) is 4.79 Å². The van der Waals surface area contributed by atoms with E-state index in [1.807, 2.05) is 0 Å². The Morgan fingerprint density at radius 3 is 2.94 bits per heavy atom. The highest BCUT2D eigenvalue weighted by molar-refractivity contribution is 5.80. The van der Waals surface area contributed by atoms with Gasteiger partial charge in [-0.2, -0.15) is 0 Å². The molecule has 0 aromatic carbocycles. The van der Waals surface area contributed by atoms with Crippen LogP contribution in [0.25, 0.3) is 0 Å². The fraction of sp³-hybridized carbons (Fsp3) is 0.909. The lowest BCUT2D eigenvalue weighted by Crippen LogP contribution is -2.42. The van der Waals surface area contributed by atoms with Crippen molar-refractivity contribution < 1.29 is 9.53 Å². The molecule has 1 aliphatic rings. The molecule has 0 spiro atoms. The van der Waals surface area contributed by atoms with E-state index < -0.39 is 6.10 Å². The van der Waals surface area contributed by atoms with Crippen molar-refractivity contribution in [1.29, 1.82) is 0 Å². The average Bonchev–Trinajstić information content (AvgIpc) is 2.76. The number of ether oxygens (including phenoxy) is 1. The quantitative estimate of drug-likeness (QED) is 0.639. The molecular weight excluding hydrogens is 206 g/mol. The zero-order valence-electron chi connectivity index (χ0n) is 10.2. The Labute approximate surface area is 97.3 Å². The Morgan fingerprint density at radius 1 is 1.69 bits per heavy atom. The second-order valence-corrected chi connectivity index (χ2v) is 4.25. The summed E-state index contributed by atoms with van der Waals surface area (Å²) in [4.78, 5) is 14.0. The molecule has 1 aliphatic heterocycles. The molecule has 0 saturated carbocycles. The molecular formula is C11H23N3O2. The van der Waals surface area contributed by atoms with Gasteiger partial charge in [-0.3, -0.25) is 4.79 Å². The molecule has 2 atom stereocenters. The van der Waals surface area contributed by atoms with Crippen molar-refractivity contribution in [3.63, 3.8) is 0 Å². The number of rotatable bonds is 6. The van der Waals surface area contributed by atoms with Crippen molar-refractivity contribution in [2.75, 3.05) is 39.8 Å². The van der Waals surface area contributed by atoms with Crippen molar-refractivity contribution in [2.24, 2.45) is 11.7 Å². The monoisotopic (exact) mass is 229 g/mol. The number of likely N-dealkylation sites (tertiary alicyclic amines) is 1. The molecule has 5 heteroatoms. The molecule has 94 valence electrons. The van der Waals surface area contributed by atoms with Gasteiger partial charge in [0.25, 0.3) is 0 Å². The molecule has 1 rings (SSSR count). The third kappa shape index (κ3) is 3.73. The van der Waals surface area contributed by atoms with E-state index >= 15 is 0 Å². The Bertz CT molecular complexity index is 219. The maximum absolute atomic E-state index is 11.6. The summed E-state index contributed by atoms with van der Waals surface area (Å²) < 4.78 is 4.97. The lowest BCUT2D eigenvalue weighted by molar-refractivity contribution is -0.130. The van der Waals surface area contributed by atoms with Gasteiger partial charge in [0, 0.05) is 26.7 Å². The minimum absolute atomic E-state index is 0.0973. The first-order valence-corrected chi connectivity index (χ1v) is 5.94. The third-order valence-corrected chi connectivity index (χ3v) is 3.17. The zero-order valence-corrected chi connectivity index (χ0v) is 10.2. The largest absolute Gasteiger partial charge is 0.370 e. The highest BCUT2D eigenvalue weighted by Crippen LogP contribution is 2.14. The number of carbonyl (C=O) groups is 1. The molecule has 1 saturated heterocycles. The zero-order chi connectivity index (χ0) is 12.0. The van der Waals surface area contributed by atoms with Crippen molar-refractivity contribution >= 4 is 5.91 Å². The van der Waals surface area contributed by atoms with Crippen LogP contribution in [0.4, 0.5) is 0 Å². The third-order valence-electron chi connectivity index (χ3n) is 3.17. The molecule has 0 radical (unpaired) electrons. The van der Waals surface area contributed by atoms with E-state index in [0.29, 0.717) is 5.92 Å². The fourth-order valence-electron chi connectivity index (χ4n) is 2.04. The minimum atomic E-state index is -0.510. The van der Waals surface area contributed by atoms with Gasteiger partial charge in [0.2, 0.25) is 5.91 Å². The molecule has 2 unspecified atom stereocenters. The van der Waals surface area contributed by atoms with Gasteiger partial charge < -0.3 is 20.7 Å². The van der Waals surface area contributed by atoms with E-state index in [1.165, 1.54) is 7.11 Å². The van der Waals surface area contributed by atoms with Gasteiger partial charge in [0.15, 0.2) is 0 Å². The van der Waals surface area contributed by atoms with Crippen LogP contribution >= 0.6 is 0 Å². The van der Waals surface area contributed by atoms with Gasteiger partial charge in [-0.05, 0) is 25.4 Å². The number of nitrogens with zero attached hydrogens (tertiary/aromatic N) is 1. The molecule has 0 aromatic rings. The molecule has 1 fully saturated rings. The van der Waals surface area contributed by atoms with E-state index in [0.717, 1.165) is 32.6 Å². The molecule has 0 aromatic heterocycles. The number of hydrogen-bond donors (Lipinski definition) is 2. The fourth-order valence-corrected chi connectivity index (χ4v) is 2.04. The van der Waals surface area contributed by atoms with Crippen molar-refractivity contribution in [1.82, 2.24) is 10.2 Å². The number of nitrogens with two attached hydrogens (primary N) is 1. The number of carbonyl (C=O) groups excluding carboxylic acids is 1. The van der Waals surface area contributed by atoms with Crippen LogP contribution in [0.15, 0.2) is 0 Å². The molecule has 0 aliphatic carbocycles. The van der Waals surface area contributed by atoms with E-state index in [2.05, 4.69) is 17.1 Å². The topological polar surface area (TPSA) is 67.6 Å². The van der Waals surface area contributed by atoms with Gasteiger partial charge >= 0.3 is 0 Å². The highest BCUT2D eigenvalue weighted by atomic mass is 16.5. The summed E-state index contributed by atoms with van der Waals surface area (Å²) >= 11 is 0. The van der Waals surface area contributed by atoms with Crippen molar-refractivity contribution in [3.05, 3.63) is 0 Å². The van der Waals surface area contributed by atoms with Gasteiger partial charge in [0.1, 0.15) is 6.10 Å². The van der Waals surface area contributed by atoms with Crippen LogP contribution in [0.5, 0.6) is 0 Å². The van der Waals surface area contributed by atoms with Gasteiger partial charge in [-0.1, -0.05) is 6.92 Å². The average molecular weight is 229 g/mol. The molecule has 1 heterocycles. The minimum Gasteiger partial charge on any atom is -0.370 e. The SMILES string of the molecule is CCN1CCC(CNC(=O)C(CN)OC)C1. The smallest absolute Gasteiger partial charge is 0.250 e. The molecule has 16 heavy (non-hydrogen) atoms. The Hall–Kier alpha value is -0.650. The lowest BCUT2D eigenvalue weighted by Gasteiger charge is -2.16. The summed E-state index contributed by atoms with van der Waals surface area (Å²) in [5.41, 5.74) is 5.42.